The van der Waals surface area contributed by atoms with Crippen molar-refractivity contribution >= 4 is 58.4 Å². The molecule has 9 N–H and O–H groups in total. The monoisotopic (exact) mass is 688 g/mol. The van der Waals surface area contributed by atoms with Gasteiger partial charge in [-0.25, -0.2) is 0 Å². The zero-order chi connectivity index (χ0) is 33.6. The minimum atomic E-state index is -1.13. The predicted octanol–water partition coefficient (Wildman–Crippen LogP) is 3.07. The normalized spacial score (nSPS) is 13.6. The van der Waals surface area contributed by atoms with Crippen molar-refractivity contribution in [1.29, 1.82) is 0 Å². The Morgan fingerprint density at radius 1 is 0.565 bits per heavy atom. The Bertz CT molecular complexity index is 1460. The molecule has 0 fully saturated rings. The maximum atomic E-state index is 13.8. The first-order valence-electron chi connectivity index (χ1n) is 14.8. The average Bonchev–Trinajstić information content (AvgIpc) is 3.02. The summed E-state index contributed by atoms with van der Waals surface area (Å²) in [6, 6.07) is 16.4. The van der Waals surface area contributed by atoms with Gasteiger partial charge in [-0.15, -0.1) is 0 Å². The van der Waals surface area contributed by atoms with Gasteiger partial charge in [0.1, 0.15) is 18.1 Å². The number of halogens is 3. The molecule has 0 aliphatic heterocycles. The third kappa shape index (κ3) is 12.3. The van der Waals surface area contributed by atoms with Crippen LogP contribution in [0.1, 0.15) is 36.0 Å². The number of carbonyl (C=O) groups is 4. The summed E-state index contributed by atoms with van der Waals surface area (Å²) in [6.07, 6.45) is 1.88. The van der Waals surface area contributed by atoms with Gasteiger partial charge < -0.3 is 33.2 Å². The molecule has 0 heterocycles. The fourth-order valence-corrected chi connectivity index (χ4v) is 5.08. The van der Waals surface area contributed by atoms with Crippen LogP contribution in [-0.2, 0) is 38.4 Å². The zero-order valence-corrected chi connectivity index (χ0v) is 27.5. The molecule has 0 aliphatic rings. The van der Waals surface area contributed by atoms with Gasteiger partial charge in [-0.3, -0.25) is 19.2 Å². The Hall–Kier alpha value is -3.67. The maximum Gasteiger partial charge on any atom is 0.243 e. The number of unbranched alkanes of at least 4 members (excludes halogenated alkanes) is 1. The molecule has 4 amide bonds. The van der Waals surface area contributed by atoms with Gasteiger partial charge >= 0.3 is 0 Å². The Kier molecular flexibility index (Phi) is 14.8. The van der Waals surface area contributed by atoms with Crippen molar-refractivity contribution in [2.45, 2.75) is 62.7 Å². The molecular weight excluding hydrogens is 651 g/mol. The minimum Gasteiger partial charge on any atom is -0.368 e. The van der Waals surface area contributed by atoms with Gasteiger partial charge in [0.05, 0.1) is 6.04 Å². The van der Waals surface area contributed by atoms with Gasteiger partial charge in [0.2, 0.25) is 23.6 Å². The van der Waals surface area contributed by atoms with Crippen molar-refractivity contribution in [3.8, 4) is 0 Å². The van der Waals surface area contributed by atoms with E-state index in [2.05, 4.69) is 16.0 Å². The second-order valence-electron chi connectivity index (χ2n) is 11.0. The second kappa shape index (κ2) is 18.5. The molecule has 13 heteroatoms. The summed E-state index contributed by atoms with van der Waals surface area (Å²) in [5, 5.41) is 9.76. The van der Waals surface area contributed by atoms with E-state index in [4.69, 9.17) is 52.0 Å². The molecule has 0 radical (unpaired) electrons. The number of hydrogen-bond acceptors (Lipinski definition) is 6. The number of primary amides is 1. The molecule has 0 saturated heterocycles. The summed E-state index contributed by atoms with van der Waals surface area (Å²) >= 11 is 18.1. The third-order valence-corrected chi connectivity index (χ3v) is 8.04. The van der Waals surface area contributed by atoms with Gasteiger partial charge in [-0.2, -0.15) is 0 Å². The lowest BCUT2D eigenvalue weighted by molar-refractivity contribution is -0.133. The topological polar surface area (TPSA) is 182 Å². The van der Waals surface area contributed by atoms with E-state index in [1.54, 1.807) is 72.8 Å². The SMILES string of the molecule is NCCCCC(NC(=O)C(Cc1ccc(Cl)cc1)NC(=O)C(Cc1ccc(Cl)cc1)NC(=O)C(N)Cc1ccc(Cl)cc1)C(N)=O. The van der Waals surface area contributed by atoms with Gasteiger partial charge in [0, 0.05) is 27.9 Å². The lowest BCUT2D eigenvalue weighted by Crippen LogP contribution is -2.58. The summed E-state index contributed by atoms with van der Waals surface area (Å²) in [5.41, 5.74) is 19.6. The molecule has 246 valence electrons. The number of amides is 4. The standard InChI is InChI=1S/C33H39Cl3N6O4/c34-23-10-4-20(5-11-23)17-26(38)31(44)41-28(18-21-6-12-24(35)13-7-21)33(46)42-29(19-22-8-14-25(36)15-9-22)32(45)40-27(30(39)43)3-1-2-16-37/h4-15,26-29H,1-3,16-19,37-38H2,(H2,39,43)(H,40,45)(H,41,44)(H,42,46). The highest BCUT2D eigenvalue weighted by Gasteiger charge is 2.30. The van der Waals surface area contributed by atoms with Crippen molar-refractivity contribution < 1.29 is 19.2 Å². The van der Waals surface area contributed by atoms with Crippen molar-refractivity contribution in [3.63, 3.8) is 0 Å². The van der Waals surface area contributed by atoms with Gasteiger partial charge in [0.25, 0.3) is 0 Å². The van der Waals surface area contributed by atoms with Crippen LogP contribution in [0.4, 0.5) is 0 Å². The molecule has 10 nitrogen and oxygen atoms in total. The molecule has 3 rings (SSSR count). The highest BCUT2D eigenvalue weighted by molar-refractivity contribution is 6.31. The molecule has 4 atom stereocenters. The largest absolute Gasteiger partial charge is 0.368 e. The molecule has 3 aromatic carbocycles. The lowest BCUT2D eigenvalue weighted by atomic mass is 10.0. The fraction of sp³-hybridized carbons (Fsp3) is 0.333. The molecule has 3 aromatic rings. The summed E-state index contributed by atoms with van der Waals surface area (Å²) in [4.78, 5) is 52.8. The Morgan fingerprint density at radius 2 is 0.935 bits per heavy atom. The molecule has 0 aliphatic carbocycles. The maximum absolute atomic E-state index is 13.8. The fourth-order valence-electron chi connectivity index (χ4n) is 4.70. The smallest absolute Gasteiger partial charge is 0.243 e. The van der Waals surface area contributed by atoms with Crippen LogP contribution in [0.2, 0.25) is 15.1 Å². The van der Waals surface area contributed by atoms with Crippen molar-refractivity contribution in [3.05, 3.63) is 105 Å². The Balaban J connectivity index is 1.84. The van der Waals surface area contributed by atoms with E-state index in [-0.39, 0.29) is 19.3 Å². The van der Waals surface area contributed by atoms with E-state index in [0.717, 1.165) is 5.56 Å². The number of nitrogens with two attached hydrogens (primary N) is 3. The van der Waals surface area contributed by atoms with Crippen LogP contribution in [0.15, 0.2) is 72.8 Å². The van der Waals surface area contributed by atoms with Crippen LogP contribution in [0.25, 0.3) is 0 Å². The first kappa shape index (κ1) is 36.8. The van der Waals surface area contributed by atoms with Crippen LogP contribution < -0.4 is 33.2 Å². The third-order valence-electron chi connectivity index (χ3n) is 7.28. The zero-order valence-electron chi connectivity index (χ0n) is 25.2. The number of benzene rings is 3. The van der Waals surface area contributed by atoms with Crippen LogP contribution in [0, 0.1) is 0 Å². The van der Waals surface area contributed by atoms with Crippen LogP contribution in [0.3, 0.4) is 0 Å². The van der Waals surface area contributed by atoms with Gasteiger partial charge in [-0.1, -0.05) is 71.2 Å². The minimum absolute atomic E-state index is 0.0702. The number of nitrogens with one attached hydrogen (secondary N) is 3. The second-order valence-corrected chi connectivity index (χ2v) is 12.3. The predicted molar refractivity (Wildman–Crippen MR) is 181 cm³/mol. The van der Waals surface area contributed by atoms with Crippen LogP contribution >= 0.6 is 34.8 Å². The first-order chi connectivity index (χ1) is 21.9. The van der Waals surface area contributed by atoms with Gasteiger partial charge in [0.15, 0.2) is 0 Å². The molecule has 0 saturated carbocycles. The summed E-state index contributed by atoms with van der Waals surface area (Å²) in [7, 11) is 0. The molecule has 0 spiro atoms. The Morgan fingerprint density at radius 3 is 1.33 bits per heavy atom. The van der Waals surface area contributed by atoms with E-state index in [1.807, 2.05) is 0 Å². The summed E-state index contributed by atoms with van der Waals surface area (Å²) in [5.74, 6) is -2.51. The quantitative estimate of drug-likeness (QED) is 0.118. The van der Waals surface area contributed by atoms with Crippen LogP contribution in [-0.4, -0.2) is 54.3 Å². The Labute approximate surface area is 283 Å². The summed E-state index contributed by atoms with van der Waals surface area (Å²) < 4.78 is 0. The van der Waals surface area contributed by atoms with Crippen molar-refractivity contribution in [1.82, 2.24) is 16.0 Å². The van der Waals surface area contributed by atoms with E-state index in [1.165, 1.54) is 0 Å². The number of rotatable bonds is 17. The van der Waals surface area contributed by atoms with Crippen molar-refractivity contribution in [2.24, 2.45) is 17.2 Å². The number of hydrogen-bond donors (Lipinski definition) is 6. The van der Waals surface area contributed by atoms with Crippen molar-refractivity contribution in [2.75, 3.05) is 6.54 Å². The van der Waals surface area contributed by atoms with E-state index >= 15 is 0 Å². The molecule has 0 aromatic heterocycles. The van der Waals surface area contributed by atoms with Crippen LogP contribution in [0.5, 0.6) is 0 Å². The van der Waals surface area contributed by atoms with Gasteiger partial charge in [-0.05, 0) is 85.3 Å². The van der Waals surface area contributed by atoms with E-state index in [9.17, 15) is 19.2 Å². The highest BCUT2D eigenvalue weighted by Crippen LogP contribution is 2.15. The molecular formula is C33H39Cl3N6O4. The molecule has 46 heavy (non-hydrogen) atoms. The number of carbonyl (C=O) groups excluding carboxylic acids is 4. The summed E-state index contributed by atoms with van der Waals surface area (Å²) in [6.45, 7) is 0.429. The average molecular weight is 690 g/mol. The van der Waals surface area contributed by atoms with E-state index in [0.29, 0.717) is 52.0 Å². The lowest BCUT2D eigenvalue weighted by Gasteiger charge is -2.26. The first-order valence-corrected chi connectivity index (χ1v) is 16.0. The molecule has 4 unspecified atom stereocenters. The highest BCUT2D eigenvalue weighted by atomic mass is 35.5. The molecule has 0 bridgehead atoms. The van der Waals surface area contributed by atoms with E-state index < -0.39 is 47.8 Å².